The molecule has 0 bridgehead atoms. The first-order valence-corrected chi connectivity index (χ1v) is 4.39. The molecule has 1 aromatic carbocycles. The van der Waals surface area contributed by atoms with Crippen molar-refractivity contribution >= 4 is 17.4 Å². The molecule has 0 N–H and O–H groups in total. The standard InChI is InChI=1S/C10H11NOS/c1-8(11-7-13)9-3-5-10(12-2)6-4-9/h3-6,8H,1-2H3/t8-/m1/s1. The number of nitrogens with zero attached hydrogens (tertiary/aromatic N) is 1. The zero-order valence-electron chi connectivity index (χ0n) is 7.65. The number of aliphatic imine (C=N–C) groups is 1. The Bertz CT molecular complexity index is 314. The van der Waals surface area contributed by atoms with Crippen LogP contribution >= 0.6 is 12.2 Å². The van der Waals surface area contributed by atoms with Crippen molar-refractivity contribution in [2.75, 3.05) is 7.11 Å². The number of hydrogen-bond donors (Lipinski definition) is 0. The van der Waals surface area contributed by atoms with Gasteiger partial charge < -0.3 is 4.74 Å². The van der Waals surface area contributed by atoms with Gasteiger partial charge in [0.25, 0.3) is 0 Å². The van der Waals surface area contributed by atoms with Crippen molar-refractivity contribution < 1.29 is 4.74 Å². The van der Waals surface area contributed by atoms with Crippen LogP contribution in [0.4, 0.5) is 0 Å². The van der Waals surface area contributed by atoms with Gasteiger partial charge in [0.1, 0.15) is 5.75 Å². The van der Waals surface area contributed by atoms with E-state index in [1.807, 2.05) is 31.2 Å². The molecule has 0 aliphatic carbocycles. The van der Waals surface area contributed by atoms with Gasteiger partial charge in [-0.25, -0.2) is 4.99 Å². The van der Waals surface area contributed by atoms with Gasteiger partial charge in [0.15, 0.2) is 0 Å². The van der Waals surface area contributed by atoms with E-state index in [-0.39, 0.29) is 6.04 Å². The predicted octanol–water partition coefficient (Wildman–Crippen LogP) is 2.86. The Morgan fingerprint density at radius 1 is 1.38 bits per heavy atom. The minimum absolute atomic E-state index is 0.0726. The Balaban J connectivity index is 2.85. The quantitative estimate of drug-likeness (QED) is 0.544. The SMILES string of the molecule is COc1ccc([C@@H](C)N=C=S)cc1. The molecule has 68 valence electrons. The molecule has 0 aliphatic heterocycles. The third-order valence-electron chi connectivity index (χ3n) is 1.84. The Labute approximate surface area is 83.3 Å². The van der Waals surface area contributed by atoms with Crippen molar-refractivity contribution in [1.82, 2.24) is 0 Å². The second-order valence-corrected chi connectivity index (χ2v) is 2.85. The van der Waals surface area contributed by atoms with Gasteiger partial charge in [0.2, 0.25) is 0 Å². The average molecular weight is 193 g/mol. The molecular weight excluding hydrogens is 182 g/mol. The third-order valence-corrected chi connectivity index (χ3v) is 1.95. The minimum atomic E-state index is 0.0726. The highest BCUT2D eigenvalue weighted by atomic mass is 32.1. The fourth-order valence-electron chi connectivity index (χ4n) is 1.04. The highest BCUT2D eigenvalue weighted by molar-refractivity contribution is 7.78. The van der Waals surface area contributed by atoms with Crippen LogP contribution in [0.3, 0.4) is 0 Å². The van der Waals surface area contributed by atoms with Crippen LogP contribution < -0.4 is 4.74 Å². The van der Waals surface area contributed by atoms with Gasteiger partial charge in [0, 0.05) is 0 Å². The summed E-state index contributed by atoms with van der Waals surface area (Å²) >= 11 is 4.54. The van der Waals surface area contributed by atoms with Crippen LogP contribution in [0, 0.1) is 0 Å². The van der Waals surface area contributed by atoms with Gasteiger partial charge in [0.05, 0.1) is 18.3 Å². The van der Waals surface area contributed by atoms with E-state index in [0.29, 0.717) is 0 Å². The molecule has 0 fully saturated rings. The molecule has 1 aromatic rings. The van der Waals surface area contributed by atoms with E-state index in [9.17, 15) is 0 Å². The summed E-state index contributed by atoms with van der Waals surface area (Å²) in [5.74, 6) is 0.849. The molecular formula is C10H11NOS. The summed E-state index contributed by atoms with van der Waals surface area (Å²) < 4.78 is 5.04. The molecule has 0 saturated carbocycles. The van der Waals surface area contributed by atoms with Crippen molar-refractivity contribution in [3.8, 4) is 5.75 Å². The smallest absolute Gasteiger partial charge is 0.118 e. The molecule has 0 aliphatic rings. The summed E-state index contributed by atoms with van der Waals surface area (Å²) in [6.45, 7) is 1.97. The molecule has 0 spiro atoms. The molecule has 0 radical (unpaired) electrons. The molecule has 3 heteroatoms. The summed E-state index contributed by atoms with van der Waals surface area (Å²) in [5.41, 5.74) is 1.11. The van der Waals surface area contributed by atoms with Crippen molar-refractivity contribution in [3.05, 3.63) is 29.8 Å². The maximum absolute atomic E-state index is 5.04. The largest absolute Gasteiger partial charge is 0.497 e. The minimum Gasteiger partial charge on any atom is -0.497 e. The Hall–Kier alpha value is -1.18. The highest BCUT2D eigenvalue weighted by Gasteiger charge is 2.01. The molecule has 1 atom stereocenters. The average Bonchev–Trinajstić information content (AvgIpc) is 2.18. The van der Waals surface area contributed by atoms with Crippen molar-refractivity contribution in [1.29, 1.82) is 0 Å². The predicted molar refractivity (Wildman–Crippen MR) is 56.4 cm³/mol. The molecule has 2 nitrogen and oxygen atoms in total. The van der Waals surface area contributed by atoms with Crippen LogP contribution in [0.15, 0.2) is 29.3 Å². The lowest BCUT2D eigenvalue weighted by atomic mass is 10.1. The lowest BCUT2D eigenvalue weighted by Crippen LogP contribution is -1.89. The van der Waals surface area contributed by atoms with E-state index >= 15 is 0 Å². The van der Waals surface area contributed by atoms with E-state index in [1.54, 1.807) is 7.11 Å². The fourth-order valence-corrected chi connectivity index (χ4v) is 1.19. The van der Waals surface area contributed by atoms with Crippen LogP contribution in [-0.2, 0) is 0 Å². The molecule has 0 saturated heterocycles. The topological polar surface area (TPSA) is 21.6 Å². The first-order valence-electron chi connectivity index (χ1n) is 3.99. The summed E-state index contributed by atoms with van der Waals surface area (Å²) in [5, 5.41) is 2.37. The number of rotatable bonds is 3. The molecule has 1 rings (SSSR count). The van der Waals surface area contributed by atoms with Gasteiger partial charge in [-0.1, -0.05) is 12.1 Å². The molecule has 0 unspecified atom stereocenters. The first kappa shape index (κ1) is 9.90. The van der Waals surface area contributed by atoms with Gasteiger partial charge in [-0.15, -0.1) is 0 Å². The fraction of sp³-hybridized carbons (Fsp3) is 0.300. The number of isothiocyanates is 1. The van der Waals surface area contributed by atoms with E-state index < -0.39 is 0 Å². The maximum atomic E-state index is 5.04. The Morgan fingerprint density at radius 3 is 2.46 bits per heavy atom. The van der Waals surface area contributed by atoms with Gasteiger partial charge in [-0.2, -0.15) is 0 Å². The highest BCUT2D eigenvalue weighted by Crippen LogP contribution is 2.19. The second-order valence-electron chi connectivity index (χ2n) is 2.67. The number of hydrogen-bond acceptors (Lipinski definition) is 3. The van der Waals surface area contributed by atoms with Crippen molar-refractivity contribution in [2.24, 2.45) is 4.99 Å². The van der Waals surface area contributed by atoms with Gasteiger partial charge in [-0.3, -0.25) is 0 Å². The molecule has 13 heavy (non-hydrogen) atoms. The van der Waals surface area contributed by atoms with Gasteiger partial charge in [-0.05, 0) is 36.8 Å². The normalized spacial score (nSPS) is 11.5. The summed E-state index contributed by atoms with van der Waals surface area (Å²) in [7, 11) is 1.65. The Morgan fingerprint density at radius 2 is 2.00 bits per heavy atom. The summed E-state index contributed by atoms with van der Waals surface area (Å²) in [4.78, 5) is 3.97. The molecule has 0 aromatic heterocycles. The lowest BCUT2D eigenvalue weighted by molar-refractivity contribution is 0.414. The number of methoxy groups -OCH3 is 1. The summed E-state index contributed by atoms with van der Waals surface area (Å²) in [6, 6.07) is 7.83. The Kier molecular flexibility index (Phi) is 3.62. The third kappa shape index (κ3) is 2.65. The van der Waals surface area contributed by atoms with Crippen LogP contribution in [0.25, 0.3) is 0 Å². The van der Waals surface area contributed by atoms with E-state index in [0.717, 1.165) is 11.3 Å². The van der Waals surface area contributed by atoms with E-state index in [2.05, 4.69) is 22.4 Å². The number of ether oxygens (including phenoxy) is 1. The maximum Gasteiger partial charge on any atom is 0.118 e. The van der Waals surface area contributed by atoms with Gasteiger partial charge >= 0.3 is 0 Å². The second kappa shape index (κ2) is 4.75. The van der Waals surface area contributed by atoms with Crippen molar-refractivity contribution in [2.45, 2.75) is 13.0 Å². The summed E-state index contributed by atoms with van der Waals surface area (Å²) in [6.07, 6.45) is 0. The monoisotopic (exact) mass is 193 g/mol. The zero-order chi connectivity index (χ0) is 9.68. The molecule has 0 amide bonds. The zero-order valence-corrected chi connectivity index (χ0v) is 8.47. The molecule has 0 heterocycles. The lowest BCUT2D eigenvalue weighted by Gasteiger charge is -2.05. The van der Waals surface area contributed by atoms with Crippen LogP contribution in [0.5, 0.6) is 5.75 Å². The van der Waals surface area contributed by atoms with Crippen LogP contribution in [0.1, 0.15) is 18.5 Å². The first-order chi connectivity index (χ1) is 6.27. The number of thiocarbonyl (C=S) groups is 1. The van der Waals surface area contributed by atoms with E-state index in [4.69, 9.17) is 4.74 Å². The van der Waals surface area contributed by atoms with Crippen LogP contribution in [-0.4, -0.2) is 12.3 Å². The van der Waals surface area contributed by atoms with Crippen LogP contribution in [0.2, 0.25) is 0 Å². The number of benzene rings is 1. The van der Waals surface area contributed by atoms with Crippen molar-refractivity contribution in [3.63, 3.8) is 0 Å². The van der Waals surface area contributed by atoms with E-state index in [1.165, 1.54) is 0 Å².